The molecule has 3 aromatic carbocycles. The summed E-state index contributed by atoms with van der Waals surface area (Å²) in [7, 11) is 0. The van der Waals surface area contributed by atoms with Crippen LogP contribution in [0.1, 0.15) is 57.5 Å². The fraction of sp³-hybridized carbons (Fsp3) is 0.281. The van der Waals surface area contributed by atoms with Gasteiger partial charge in [-0.15, -0.1) is 11.3 Å². The van der Waals surface area contributed by atoms with Crippen molar-refractivity contribution < 1.29 is 13.2 Å². The summed E-state index contributed by atoms with van der Waals surface area (Å²) in [6.45, 7) is 12.6. The largest absolute Gasteiger partial charge is 0.417 e. The zero-order valence-corrected chi connectivity index (χ0v) is 22.7. The van der Waals surface area contributed by atoms with Gasteiger partial charge in [0.15, 0.2) is 0 Å². The lowest BCUT2D eigenvalue weighted by atomic mass is 9.86. The van der Waals surface area contributed by atoms with E-state index in [1.54, 1.807) is 12.3 Å². The Labute approximate surface area is 220 Å². The highest BCUT2D eigenvalue weighted by Crippen LogP contribution is 2.43. The average molecular weight is 518 g/mol. The van der Waals surface area contributed by atoms with Crippen molar-refractivity contribution >= 4 is 32.2 Å². The Kier molecular flexibility index (Phi) is 5.99. The maximum Gasteiger partial charge on any atom is 0.417 e. The summed E-state index contributed by atoms with van der Waals surface area (Å²) in [5, 5.41) is 2.15. The van der Waals surface area contributed by atoms with Gasteiger partial charge in [0.1, 0.15) is 0 Å². The van der Waals surface area contributed by atoms with Gasteiger partial charge in [0, 0.05) is 32.1 Å². The number of hydrogen-bond donors (Lipinski definition) is 0. The van der Waals surface area contributed by atoms with Gasteiger partial charge in [-0.05, 0) is 63.2 Å². The van der Waals surface area contributed by atoms with Gasteiger partial charge in [0.25, 0.3) is 0 Å². The van der Waals surface area contributed by atoms with Crippen LogP contribution in [0.2, 0.25) is 0 Å². The van der Waals surface area contributed by atoms with Gasteiger partial charge in [0.05, 0.1) is 11.3 Å². The quantitative estimate of drug-likeness (QED) is 0.227. The minimum Gasteiger partial charge on any atom is -0.256 e. The highest BCUT2D eigenvalue weighted by atomic mass is 32.1. The molecule has 0 radical (unpaired) electrons. The number of halogens is 3. The highest BCUT2D eigenvalue weighted by Gasteiger charge is 2.34. The summed E-state index contributed by atoms with van der Waals surface area (Å²) in [5.41, 5.74) is 3.68. The molecule has 0 unspecified atom stereocenters. The SMILES string of the molecule is CC(C)(C)c1ccc(-c2ccc3cnc(-c4cc(C(F)(F)F)c5cc(C(C)(C)C)sc5c4)cc3c2)cc1. The summed E-state index contributed by atoms with van der Waals surface area (Å²) < 4.78 is 42.9. The van der Waals surface area contributed by atoms with Crippen molar-refractivity contribution in [3.63, 3.8) is 0 Å². The standard InChI is InChI=1S/C32H30F3NS/c1-30(2,3)24-11-9-19(10-12-24)20-7-8-21-18-36-27(15-22(21)13-20)23-14-26(32(33,34)35)25-17-29(31(4,5)6)37-28(25)16-23/h7-18H,1-6H3. The predicted molar refractivity (Wildman–Crippen MR) is 150 cm³/mol. The van der Waals surface area contributed by atoms with E-state index >= 15 is 0 Å². The van der Waals surface area contributed by atoms with Crippen molar-refractivity contribution in [1.82, 2.24) is 4.98 Å². The van der Waals surface area contributed by atoms with Crippen LogP contribution in [0.4, 0.5) is 13.2 Å². The Bertz CT molecular complexity index is 1610. The van der Waals surface area contributed by atoms with E-state index in [0.717, 1.165) is 26.8 Å². The van der Waals surface area contributed by atoms with Crippen molar-refractivity contribution in [1.29, 1.82) is 0 Å². The maximum atomic E-state index is 14.1. The third-order valence-corrected chi connectivity index (χ3v) is 8.29. The van der Waals surface area contributed by atoms with E-state index in [2.05, 4.69) is 62.2 Å². The Morgan fingerprint density at radius 1 is 0.649 bits per heavy atom. The molecule has 0 atom stereocenters. The molecule has 5 aromatic rings. The van der Waals surface area contributed by atoms with Crippen molar-refractivity contribution in [2.45, 2.75) is 58.5 Å². The van der Waals surface area contributed by atoms with E-state index in [9.17, 15) is 13.2 Å². The molecule has 2 aromatic heterocycles. The number of benzene rings is 3. The number of nitrogens with zero attached hydrogens (tertiary/aromatic N) is 1. The first-order valence-corrected chi connectivity index (χ1v) is 13.2. The van der Waals surface area contributed by atoms with Gasteiger partial charge < -0.3 is 0 Å². The van der Waals surface area contributed by atoms with Crippen LogP contribution in [0.3, 0.4) is 0 Å². The van der Waals surface area contributed by atoms with E-state index in [4.69, 9.17) is 0 Å². The molecule has 0 saturated heterocycles. The van der Waals surface area contributed by atoms with E-state index in [0.29, 0.717) is 16.0 Å². The van der Waals surface area contributed by atoms with E-state index in [1.165, 1.54) is 23.0 Å². The fourth-order valence-electron chi connectivity index (χ4n) is 4.53. The summed E-state index contributed by atoms with van der Waals surface area (Å²) >= 11 is 1.42. The zero-order chi connectivity index (χ0) is 26.8. The van der Waals surface area contributed by atoms with Gasteiger partial charge in [-0.25, -0.2) is 0 Å². The van der Waals surface area contributed by atoms with Crippen LogP contribution in [0.5, 0.6) is 0 Å². The smallest absolute Gasteiger partial charge is 0.256 e. The minimum absolute atomic E-state index is 0.0784. The van der Waals surface area contributed by atoms with E-state index < -0.39 is 11.7 Å². The Morgan fingerprint density at radius 3 is 1.95 bits per heavy atom. The first kappa shape index (κ1) is 25.5. The number of rotatable bonds is 2. The van der Waals surface area contributed by atoms with Crippen LogP contribution in [0.25, 0.3) is 43.2 Å². The number of alkyl halides is 3. The maximum absolute atomic E-state index is 14.1. The Hall–Kier alpha value is -3.18. The number of aromatic nitrogens is 1. The molecule has 0 saturated carbocycles. The summed E-state index contributed by atoms with van der Waals surface area (Å²) in [4.78, 5) is 5.47. The van der Waals surface area contributed by atoms with Gasteiger partial charge >= 0.3 is 6.18 Å². The van der Waals surface area contributed by atoms with Crippen LogP contribution < -0.4 is 0 Å². The molecule has 0 N–H and O–H groups in total. The van der Waals surface area contributed by atoms with Crippen LogP contribution in [-0.2, 0) is 17.0 Å². The lowest BCUT2D eigenvalue weighted by Gasteiger charge is -2.19. The molecule has 5 rings (SSSR count). The zero-order valence-electron chi connectivity index (χ0n) is 21.9. The predicted octanol–water partition coefficient (Wildman–Crippen LogP) is 10.4. The van der Waals surface area contributed by atoms with E-state index in [1.807, 2.05) is 39.0 Å². The van der Waals surface area contributed by atoms with Crippen LogP contribution >= 0.6 is 11.3 Å². The monoisotopic (exact) mass is 517 g/mol. The number of hydrogen-bond acceptors (Lipinski definition) is 2. The molecule has 0 amide bonds. The lowest BCUT2D eigenvalue weighted by Crippen LogP contribution is -2.10. The van der Waals surface area contributed by atoms with Gasteiger partial charge in [-0.1, -0.05) is 77.9 Å². The summed E-state index contributed by atoms with van der Waals surface area (Å²) in [5.74, 6) is 0. The molecule has 5 heteroatoms. The molecule has 1 nitrogen and oxygen atoms in total. The minimum atomic E-state index is -4.45. The molecule has 0 fully saturated rings. The number of fused-ring (bicyclic) bond motifs is 2. The fourth-order valence-corrected chi connectivity index (χ4v) is 5.72. The van der Waals surface area contributed by atoms with Gasteiger partial charge in [0.2, 0.25) is 0 Å². The second-order valence-corrected chi connectivity index (χ2v) is 12.8. The molecular formula is C32H30F3NS. The first-order valence-electron chi connectivity index (χ1n) is 12.4. The topological polar surface area (TPSA) is 12.9 Å². The van der Waals surface area contributed by atoms with Crippen LogP contribution in [0.15, 0.2) is 72.9 Å². The van der Waals surface area contributed by atoms with Crippen LogP contribution in [-0.4, -0.2) is 4.98 Å². The molecular weight excluding hydrogens is 487 g/mol. The highest BCUT2D eigenvalue weighted by molar-refractivity contribution is 7.19. The van der Waals surface area contributed by atoms with Crippen molar-refractivity contribution in [2.24, 2.45) is 0 Å². The number of thiophene rings is 1. The second kappa shape index (κ2) is 8.70. The first-order chi connectivity index (χ1) is 17.2. The molecule has 0 aliphatic rings. The lowest BCUT2D eigenvalue weighted by molar-refractivity contribution is -0.136. The molecule has 0 bridgehead atoms. The molecule has 0 spiro atoms. The van der Waals surface area contributed by atoms with Crippen molar-refractivity contribution in [2.75, 3.05) is 0 Å². The third kappa shape index (κ3) is 5.02. The third-order valence-electron chi connectivity index (χ3n) is 6.78. The molecule has 190 valence electrons. The number of pyridine rings is 1. The molecule has 2 heterocycles. The second-order valence-electron chi connectivity index (χ2n) is 11.8. The molecule has 0 aliphatic heterocycles. The van der Waals surface area contributed by atoms with Gasteiger partial charge in [-0.3, -0.25) is 4.98 Å². The normalized spacial score (nSPS) is 13.0. The van der Waals surface area contributed by atoms with Crippen molar-refractivity contribution in [3.8, 4) is 22.4 Å². The Morgan fingerprint density at radius 2 is 1.32 bits per heavy atom. The molecule has 37 heavy (non-hydrogen) atoms. The average Bonchev–Trinajstić information content (AvgIpc) is 3.26. The van der Waals surface area contributed by atoms with Gasteiger partial charge in [-0.2, -0.15) is 13.2 Å². The Balaban J connectivity index is 1.61. The summed E-state index contributed by atoms with van der Waals surface area (Å²) in [6.07, 6.45) is -2.71. The van der Waals surface area contributed by atoms with E-state index in [-0.39, 0.29) is 16.2 Å². The van der Waals surface area contributed by atoms with Crippen molar-refractivity contribution in [3.05, 3.63) is 88.9 Å². The summed E-state index contributed by atoms with van der Waals surface area (Å²) in [6, 6.07) is 21.4. The van der Waals surface area contributed by atoms with Crippen LogP contribution in [0, 0.1) is 0 Å². The molecule has 0 aliphatic carbocycles.